The molecule has 1 unspecified atom stereocenters. The van der Waals surface area contributed by atoms with E-state index in [0.717, 1.165) is 28.3 Å². The van der Waals surface area contributed by atoms with Crippen LogP contribution in [0.2, 0.25) is 0 Å². The fraction of sp³-hybridized carbons (Fsp3) is 0.357. The normalized spacial score (nSPS) is 15.3. The fourth-order valence-electron chi connectivity index (χ4n) is 5.18. The third-order valence-electron chi connectivity index (χ3n) is 7.03. The van der Waals surface area contributed by atoms with Gasteiger partial charge in [0.1, 0.15) is 4.75 Å². The highest BCUT2D eigenvalue weighted by Crippen LogP contribution is 2.41. The smallest absolute Gasteiger partial charge is 0.249 e. The number of hydroxylamine groups is 1. The number of aromatic amines is 1. The predicted molar refractivity (Wildman–Crippen MR) is 148 cm³/mol. The first kappa shape index (κ1) is 29.1. The molecule has 38 heavy (non-hydrogen) atoms. The zero-order valence-corrected chi connectivity index (χ0v) is 22.7. The molecule has 2 amide bonds. The van der Waals surface area contributed by atoms with Gasteiger partial charge in [-0.15, -0.1) is 0 Å². The van der Waals surface area contributed by atoms with E-state index in [2.05, 4.69) is 10.4 Å². The number of nitrogens with one attached hydrogen (secondary N) is 3. The van der Waals surface area contributed by atoms with Crippen molar-refractivity contribution in [1.82, 2.24) is 15.9 Å². The summed E-state index contributed by atoms with van der Waals surface area (Å²) >= 11 is 0. The first-order valence-corrected chi connectivity index (χ1v) is 14.4. The van der Waals surface area contributed by atoms with Crippen LogP contribution in [0.15, 0.2) is 66.9 Å². The topological polar surface area (TPSA) is 154 Å². The SMILES string of the molecule is CC(C)C[C@@H](C(=O)NN)[C@@H](C(=O)NO)C(/C=C/c1ccccc1)(CCc1c[nH]c2ccccc12)S(C)(=O)=O. The number of amides is 2. The van der Waals surface area contributed by atoms with Crippen LogP contribution in [0.5, 0.6) is 0 Å². The molecule has 3 rings (SSSR count). The van der Waals surface area contributed by atoms with Gasteiger partial charge in [0, 0.05) is 23.4 Å². The molecule has 0 radical (unpaired) electrons. The van der Waals surface area contributed by atoms with Crippen LogP contribution in [-0.2, 0) is 25.8 Å². The first-order chi connectivity index (χ1) is 18.0. The van der Waals surface area contributed by atoms with Gasteiger partial charge in [-0.05, 0) is 42.4 Å². The number of aryl methyl sites for hydroxylation is 1. The monoisotopic (exact) mass is 540 g/mol. The van der Waals surface area contributed by atoms with Gasteiger partial charge < -0.3 is 4.98 Å². The van der Waals surface area contributed by atoms with Crippen molar-refractivity contribution in [1.29, 1.82) is 0 Å². The Morgan fingerprint density at radius 1 is 1.08 bits per heavy atom. The van der Waals surface area contributed by atoms with Gasteiger partial charge in [-0.25, -0.2) is 19.7 Å². The van der Waals surface area contributed by atoms with Crippen molar-refractivity contribution in [3.8, 4) is 0 Å². The number of rotatable bonds is 12. The summed E-state index contributed by atoms with van der Waals surface area (Å²) in [7, 11) is -4.07. The Morgan fingerprint density at radius 3 is 2.34 bits per heavy atom. The number of aromatic nitrogens is 1. The molecule has 6 N–H and O–H groups in total. The van der Waals surface area contributed by atoms with Crippen molar-refractivity contribution in [3.05, 3.63) is 78.0 Å². The molecule has 1 aromatic heterocycles. The van der Waals surface area contributed by atoms with Crippen molar-refractivity contribution in [2.24, 2.45) is 23.6 Å². The Balaban J connectivity index is 2.25. The molecular formula is C28H36N4O5S. The highest BCUT2D eigenvalue weighted by molar-refractivity contribution is 7.92. The number of carbonyl (C=O) groups excluding carboxylic acids is 2. The Labute approximate surface area is 223 Å². The molecule has 0 saturated carbocycles. The molecule has 0 saturated heterocycles. The standard InChI is InChI=1S/C28H36N4O5S/c1-19(2)17-23(26(33)31-29)25(27(34)32-35)28(38(3,36)37,15-13-20-9-5-4-6-10-20)16-14-21-18-30-24-12-8-7-11-22(21)24/h4-13,15,18-19,23,25,30,35H,14,16-17,29H2,1-3H3,(H,31,33)(H,32,34)/b15-13+/t23-,25+,28?/m1/s1. The largest absolute Gasteiger partial charge is 0.361 e. The minimum Gasteiger partial charge on any atom is -0.361 e. The van der Waals surface area contributed by atoms with E-state index in [1.54, 1.807) is 11.6 Å². The molecule has 3 atom stereocenters. The second-order valence-electron chi connectivity index (χ2n) is 10.0. The lowest BCUT2D eigenvalue weighted by molar-refractivity contribution is -0.142. The van der Waals surface area contributed by atoms with Crippen LogP contribution >= 0.6 is 0 Å². The first-order valence-electron chi connectivity index (χ1n) is 12.5. The summed E-state index contributed by atoms with van der Waals surface area (Å²) in [4.78, 5) is 29.6. The number of hydrogen-bond donors (Lipinski definition) is 5. The van der Waals surface area contributed by atoms with E-state index >= 15 is 0 Å². The van der Waals surface area contributed by atoms with Gasteiger partial charge in [-0.1, -0.05) is 74.5 Å². The maximum Gasteiger partial charge on any atom is 0.249 e. The van der Waals surface area contributed by atoms with Gasteiger partial charge >= 0.3 is 0 Å². The molecule has 0 aliphatic carbocycles. The molecule has 2 aromatic carbocycles. The Bertz CT molecular complexity index is 1380. The second kappa shape index (κ2) is 12.4. The average molecular weight is 541 g/mol. The molecule has 3 aromatic rings. The summed E-state index contributed by atoms with van der Waals surface area (Å²) in [5.74, 6) is 1.16. The summed E-state index contributed by atoms with van der Waals surface area (Å²) in [5, 5.41) is 10.7. The summed E-state index contributed by atoms with van der Waals surface area (Å²) < 4.78 is 25.7. The average Bonchev–Trinajstić information content (AvgIpc) is 3.31. The predicted octanol–water partition coefficient (Wildman–Crippen LogP) is 3.37. The number of hydrogen-bond acceptors (Lipinski definition) is 6. The highest BCUT2D eigenvalue weighted by Gasteiger charge is 2.54. The number of benzene rings is 2. The van der Waals surface area contributed by atoms with E-state index in [-0.39, 0.29) is 25.2 Å². The zero-order chi connectivity index (χ0) is 27.9. The molecular weight excluding hydrogens is 504 g/mol. The van der Waals surface area contributed by atoms with Crippen LogP contribution < -0.4 is 16.7 Å². The third-order valence-corrected chi connectivity index (χ3v) is 9.01. The quantitative estimate of drug-likeness (QED) is 0.103. The molecule has 9 nitrogen and oxygen atoms in total. The van der Waals surface area contributed by atoms with E-state index in [1.807, 2.05) is 74.6 Å². The molecule has 10 heteroatoms. The second-order valence-corrected chi connectivity index (χ2v) is 12.3. The summed E-state index contributed by atoms with van der Waals surface area (Å²) in [6, 6.07) is 16.7. The minimum absolute atomic E-state index is 0.0262. The number of nitrogens with two attached hydrogens (primary N) is 1. The zero-order valence-electron chi connectivity index (χ0n) is 21.8. The molecule has 0 aliphatic rings. The lowest BCUT2D eigenvalue weighted by atomic mass is 9.73. The van der Waals surface area contributed by atoms with E-state index in [4.69, 9.17) is 5.84 Å². The number of hydrazine groups is 1. The Hall–Kier alpha value is -3.47. The van der Waals surface area contributed by atoms with Crippen LogP contribution in [0.25, 0.3) is 17.0 Å². The number of fused-ring (bicyclic) bond motifs is 1. The van der Waals surface area contributed by atoms with Gasteiger partial charge in [-0.3, -0.25) is 20.2 Å². The van der Waals surface area contributed by atoms with Crippen molar-refractivity contribution in [2.75, 3.05) is 6.26 Å². The maximum absolute atomic E-state index is 13.8. The van der Waals surface area contributed by atoms with Gasteiger partial charge in [-0.2, -0.15) is 0 Å². The lowest BCUT2D eigenvalue weighted by Crippen LogP contribution is -2.57. The van der Waals surface area contributed by atoms with E-state index in [0.29, 0.717) is 0 Å². The number of carbonyl (C=O) groups is 2. The van der Waals surface area contributed by atoms with Crippen molar-refractivity contribution in [3.63, 3.8) is 0 Å². The van der Waals surface area contributed by atoms with Gasteiger partial charge in [0.15, 0.2) is 9.84 Å². The maximum atomic E-state index is 13.8. The van der Waals surface area contributed by atoms with Gasteiger partial charge in [0.05, 0.1) is 11.8 Å². The molecule has 0 spiro atoms. The van der Waals surface area contributed by atoms with Crippen LogP contribution in [-0.4, -0.2) is 41.4 Å². The summed E-state index contributed by atoms with van der Waals surface area (Å²) in [6.07, 6.45) is 6.43. The third kappa shape index (κ3) is 6.32. The number of sulfone groups is 1. The molecule has 0 fully saturated rings. The summed E-state index contributed by atoms with van der Waals surface area (Å²) in [6.45, 7) is 3.72. The Kier molecular flexibility index (Phi) is 9.48. The summed E-state index contributed by atoms with van der Waals surface area (Å²) in [5.41, 5.74) is 6.22. The van der Waals surface area contributed by atoms with Crippen molar-refractivity contribution >= 4 is 38.6 Å². The lowest BCUT2D eigenvalue weighted by Gasteiger charge is -2.40. The van der Waals surface area contributed by atoms with Crippen LogP contribution in [0.4, 0.5) is 0 Å². The van der Waals surface area contributed by atoms with Crippen LogP contribution in [0, 0.1) is 17.8 Å². The van der Waals surface area contributed by atoms with Crippen LogP contribution in [0.3, 0.4) is 0 Å². The molecule has 0 bridgehead atoms. The van der Waals surface area contributed by atoms with E-state index in [1.165, 1.54) is 6.08 Å². The molecule has 204 valence electrons. The Morgan fingerprint density at radius 2 is 1.74 bits per heavy atom. The molecule has 1 heterocycles. The molecule has 0 aliphatic heterocycles. The van der Waals surface area contributed by atoms with Gasteiger partial charge in [0.25, 0.3) is 0 Å². The van der Waals surface area contributed by atoms with Crippen molar-refractivity contribution in [2.45, 2.75) is 37.9 Å². The minimum atomic E-state index is -4.07. The van der Waals surface area contributed by atoms with E-state index < -0.39 is 38.2 Å². The van der Waals surface area contributed by atoms with Crippen molar-refractivity contribution < 1.29 is 23.2 Å². The number of H-pyrrole nitrogens is 1. The van der Waals surface area contributed by atoms with Crippen LogP contribution in [0.1, 0.15) is 37.8 Å². The number of para-hydroxylation sites is 1. The fourth-order valence-corrected chi connectivity index (χ4v) is 6.70. The van der Waals surface area contributed by atoms with Gasteiger partial charge in [0.2, 0.25) is 11.8 Å². The van der Waals surface area contributed by atoms with E-state index in [9.17, 15) is 23.2 Å². The highest BCUT2D eigenvalue weighted by atomic mass is 32.2.